The minimum absolute atomic E-state index is 0.144. The summed E-state index contributed by atoms with van der Waals surface area (Å²) in [6.45, 7) is 1.95. The number of anilines is 1. The van der Waals surface area contributed by atoms with E-state index in [1.807, 2.05) is 16.8 Å². The fourth-order valence-corrected chi connectivity index (χ4v) is 2.09. The van der Waals surface area contributed by atoms with E-state index in [1.165, 1.54) is 0 Å². The van der Waals surface area contributed by atoms with Crippen molar-refractivity contribution in [3.63, 3.8) is 0 Å². The number of hydrogen-bond donors (Lipinski definition) is 1. The number of hydrogen-bond acceptors (Lipinski definition) is 6. The van der Waals surface area contributed by atoms with E-state index in [-0.39, 0.29) is 6.61 Å². The van der Waals surface area contributed by atoms with Crippen LogP contribution >= 0.6 is 0 Å². The molecule has 0 saturated heterocycles. The van der Waals surface area contributed by atoms with Gasteiger partial charge in [-0.3, -0.25) is 0 Å². The Balaban J connectivity index is 1.82. The van der Waals surface area contributed by atoms with Crippen molar-refractivity contribution in [3.05, 3.63) is 35.5 Å². The first kappa shape index (κ1) is 11.6. The van der Waals surface area contributed by atoms with Crippen LogP contribution in [0.15, 0.2) is 18.3 Å². The lowest BCUT2D eigenvalue weighted by Gasteiger charge is -2.27. The van der Waals surface area contributed by atoms with Gasteiger partial charge in [0.1, 0.15) is 24.3 Å². The van der Waals surface area contributed by atoms with Crippen molar-refractivity contribution in [2.24, 2.45) is 0 Å². The summed E-state index contributed by atoms with van der Waals surface area (Å²) in [7, 11) is 0. The molecule has 1 aliphatic heterocycles. The van der Waals surface area contributed by atoms with Gasteiger partial charge in [0.15, 0.2) is 5.82 Å². The summed E-state index contributed by atoms with van der Waals surface area (Å²) in [6, 6.07) is 5.63. The first-order valence-electron chi connectivity index (χ1n) is 5.94. The topological polar surface area (TPSA) is 90.9 Å². The summed E-state index contributed by atoms with van der Waals surface area (Å²) < 4.78 is 1.81. The van der Waals surface area contributed by atoms with Crippen LogP contribution in [0.3, 0.4) is 0 Å². The molecule has 0 fully saturated rings. The summed E-state index contributed by atoms with van der Waals surface area (Å²) in [6.07, 6.45) is 1.56. The Labute approximate surface area is 109 Å². The number of rotatable bonds is 2. The van der Waals surface area contributed by atoms with E-state index in [0.29, 0.717) is 24.5 Å². The maximum absolute atomic E-state index is 9.03. The molecular formula is C12H12N6O. The molecule has 0 amide bonds. The van der Waals surface area contributed by atoms with Gasteiger partial charge in [-0.2, -0.15) is 10.4 Å². The molecule has 0 bridgehead atoms. The minimum Gasteiger partial charge on any atom is -0.388 e. The van der Waals surface area contributed by atoms with Crippen molar-refractivity contribution in [1.82, 2.24) is 19.7 Å². The Morgan fingerprint density at radius 3 is 2.95 bits per heavy atom. The highest BCUT2D eigenvalue weighted by molar-refractivity contribution is 5.42. The highest BCUT2D eigenvalue weighted by Gasteiger charge is 2.20. The van der Waals surface area contributed by atoms with E-state index < -0.39 is 0 Å². The molecule has 2 aromatic rings. The van der Waals surface area contributed by atoms with E-state index in [4.69, 9.17) is 10.4 Å². The number of aliphatic hydroxyl groups excluding tert-OH is 1. The molecule has 19 heavy (non-hydrogen) atoms. The average molecular weight is 256 g/mol. The van der Waals surface area contributed by atoms with Crippen molar-refractivity contribution in [2.45, 2.75) is 19.7 Å². The van der Waals surface area contributed by atoms with Crippen LogP contribution in [0, 0.1) is 11.3 Å². The first-order valence-corrected chi connectivity index (χ1v) is 5.94. The van der Waals surface area contributed by atoms with Crippen LogP contribution in [0.1, 0.15) is 17.2 Å². The summed E-state index contributed by atoms with van der Waals surface area (Å²) in [5, 5.41) is 22.0. The molecule has 96 valence electrons. The molecule has 0 atom stereocenters. The van der Waals surface area contributed by atoms with Crippen molar-refractivity contribution in [2.75, 3.05) is 11.4 Å². The minimum atomic E-state index is -0.144. The normalized spacial score (nSPS) is 14.0. The Hall–Kier alpha value is -2.46. The average Bonchev–Trinajstić information content (AvgIpc) is 2.89. The van der Waals surface area contributed by atoms with Gasteiger partial charge >= 0.3 is 0 Å². The maximum atomic E-state index is 9.03. The molecule has 1 N–H and O–H groups in total. The number of nitriles is 1. The number of aliphatic hydroxyl groups is 1. The number of fused-ring (bicyclic) bond motifs is 1. The van der Waals surface area contributed by atoms with Crippen molar-refractivity contribution in [1.29, 1.82) is 5.26 Å². The molecule has 7 heteroatoms. The van der Waals surface area contributed by atoms with Crippen molar-refractivity contribution < 1.29 is 5.11 Å². The quantitative estimate of drug-likeness (QED) is 0.816. The summed E-state index contributed by atoms with van der Waals surface area (Å²) in [4.78, 5) is 10.6. The number of aromatic nitrogens is 4. The predicted molar refractivity (Wildman–Crippen MR) is 65.9 cm³/mol. The Morgan fingerprint density at radius 1 is 1.37 bits per heavy atom. The smallest absolute Gasteiger partial charge is 0.176 e. The second kappa shape index (κ2) is 4.66. The fourth-order valence-electron chi connectivity index (χ4n) is 2.09. The third-order valence-corrected chi connectivity index (χ3v) is 3.05. The fraction of sp³-hybridized carbons (Fsp3) is 0.333. The molecule has 2 aromatic heterocycles. The third kappa shape index (κ3) is 2.13. The van der Waals surface area contributed by atoms with Gasteiger partial charge in [-0.25, -0.2) is 14.6 Å². The largest absolute Gasteiger partial charge is 0.388 e. The van der Waals surface area contributed by atoms with Gasteiger partial charge in [0.2, 0.25) is 0 Å². The van der Waals surface area contributed by atoms with E-state index in [9.17, 15) is 0 Å². The first-order chi connectivity index (χ1) is 9.30. The van der Waals surface area contributed by atoms with Gasteiger partial charge in [0.25, 0.3) is 0 Å². The van der Waals surface area contributed by atoms with E-state index in [1.54, 1.807) is 12.3 Å². The molecule has 0 aromatic carbocycles. The second-order valence-electron chi connectivity index (χ2n) is 4.26. The van der Waals surface area contributed by atoms with Crippen LogP contribution in [0.2, 0.25) is 0 Å². The van der Waals surface area contributed by atoms with E-state index in [0.717, 1.165) is 18.2 Å². The van der Waals surface area contributed by atoms with Gasteiger partial charge in [0, 0.05) is 12.7 Å². The maximum Gasteiger partial charge on any atom is 0.176 e. The third-order valence-electron chi connectivity index (χ3n) is 3.05. The Bertz CT molecular complexity index is 627. The zero-order valence-corrected chi connectivity index (χ0v) is 10.2. The molecule has 0 radical (unpaired) electrons. The molecule has 0 saturated carbocycles. The molecule has 1 aliphatic rings. The standard InChI is InChI=1S/C12H12N6O/c13-5-9-1-2-11(14-6-9)17-3-4-18-12(7-17)15-10(8-19)16-18/h1-2,6,19H,3-4,7-8H2. The van der Waals surface area contributed by atoms with Crippen LogP contribution < -0.4 is 4.90 Å². The van der Waals surface area contributed by atoms with Crippen LogP contribution in [0.5, 0.6) is 0 Å². The summed E-state index contributed by atoms with van der Waals surface area (Å²) in [5.41, 5.74) is 0.548. The predicted octanol–water partition coefficient (Wildman–Crippen LogP) is 0.0573. The SMILES string of the molecule is N#Cc1ccc(N2CCn3nc(CO)nc3C2)nc1. The van der Waals surface area contributed by atoms with Crippen molar-refractivity contribution >= 4 is 5.82 Å². The van der Waals surface area contributed by atoms with Crippen LogP contribution in [-0.4, -0.2) is 31.4 Å². The molecule has 3 rings (SSSR count). The monoisotopic (exact) mass is 256 g/mol. The van der Waals surface area contributed by atoms with E-state index >= 15 is 0 Å². The molecular weight excluding hydrogens is 244 g/mol. The van der Waals surface area contributed by atoms with Crippen LogP contribution in [-0.2, 0) is 19.7 Å². The molecule has 0 spiro atoms. The van der Waals surface area contributed by atoms with Gasteiger partial charge in [-0.1, -0.05) is 0 Å². The molecule has 7 nitrogen and oxygen atoms in total. The Morgan fingerprint density at radius 2 is 2.26 bits per heavy atom. The van der Waals surface area contributed by atoms with Gasteiger partial charge in [0.05, 0.1) is 18.7 Å². The van der Waals surface area contributed by atoms with Gasteiger partial charge < -0.3 is 10.0 Å². The Kier molecular flexibility index (Phi) is 2.85. The zero-order valence-electron chi connectivity index (χ0n) is 10.2. The highest BCUT2D eigenvalue weighted by atomic mass is 16.3. The summed E-state index contributed by atoms with van der Waals surface area (Å²) in [5.74, 6) is 2.09. The molecule has 0 aliphatic carbocycles. The number of pyridine rings is 1. The van der Waals surface area contributed by atoms with Crippen LogP contribution in [0.4, 0.5) is 5.82 Å². The zero-order chi connectivity index (χ0) is 13.2. The highest BCUT2D eigenvalue weighted by Crippen LogP contribution is 2.17. The molecule has 0 unspecified atom stereocenters. The van der Waals surface area contributed by atoms with Crippen molar-refractivity contribution in [3.8, 4) is 6.07 Å². The lowest BCUT2D eigenvalue weighted by atomic mass is 10.3. The van der Waals surface area contributed by atoms with Crippen LogP contribution in [0.25, 0.3) is 0 Å². The van der Waals surface area contributed by atoms with Gasteiger partial charge in [-0.05, 0) is 12.1 Å². The lowest BCUT2D eigenvalue weighted by molar-refractivity contribution is 0.270. The molecule has 3 heterocycles. The summed E-state index contributed by atoms with van der Waals surface area (Å²) >= 11 is 0. The number of nitrogens with zero attached hydrogens (tertiary/aromatic N) is 6. The van der Waals surface area contributed by atoms with Gasteiger partial charge in [-0.15, -0.1) is 0 Å². The lowest BCUT2D eigenvalue weighted by Crippen LogP contribution is -2.34. The van der Waals surface area contributed by atoms with E-state index in [2.05, 4.69) is 20.0 Å². The second-order valence-corrected chi connectivity index (χ2v) is 4.26.